The zero-order valence-corrected chi connectivity index (χ0v) is 21.4. The minimum Gasteiger partial charge on any atom is -0.360 e. The van der Waals surface area contributed by atoms with Gasteiger partial charge in [0.05, 0.1) is 5.54 Å². The zero-order valence-electron chi connectivity index (χ0n) is 20.6. The molecule has 0 radical (unpaired) electrons. The molecule has 34 heavy (non-hydrogen) atoms. The van der Waals surface area contributed by atoms with E-state index in [1.54, 1.807) is 12.1 Å². The Bertz CT molecular complexity index is 1240. The van der Waals surface area contributed by atoms with Crippen LogP contribution in [0.25, 0.3) is 11.3 Å². The molecule has 1 aliphatic heterocycles. The largest absolute Gasteiger partial charge is 0.360 e. The van der Waals surface area contributed by atoms with Crippen molar-refractivity contribution in [1.82, 2.24) is 14.5 Å². The molecular formula is C27H33FN4OS. The van der Waals surface area contributed by atoms with Gasteiger partial charge in [0, 0.05) is 35.8 Å². The summed E-state index contributed by atoms with van der Waals surface area (Å²) in [5.41, 5.74) is 10.2. The van der Waals surface area contributed by atoms with Crippen molar-refractivity contribution < 1.29 is 8.60 Å². The molecule has 0 spiro atoms. The highest BCUT2D eigenvalue weighted by Crippen LogP contribution is 2.40. The molecule has 0 saturated heterocycles. The molecule has 1 aliphatic rings. The number of aromatic nitrogens is 2. The fraction of sp³-hybridized carbons (Fsp3) is 0.370. The van der Waals surface area contributed by atoms with Crippen molar-refractivity contribution in [3.05, 3.63) is 77.0 Å². The average Bonchev–Trinajstić information content (AvgIpc) is 3.18. The van der Waals surface area contributed by atoms with Crippen molar-refractivity contribution in [2.75, 3.05) is 13.1 Å². The number of hydrogen-bond donors (Lipinski definition) is 1. The molecule has 3 aromatic rings. The molecule has 0 amide bonds. The van der Waals surface area contributed by atoms with E-state index in [0.29, 0.717) is 23.8 Å². The molecule has 0 saturated carbocycles. The third-order valence-electron chi connectivity index (χ3n) is 6.39. The van der Waals surface area contributed by atoms with Crippen molar-refractivity contribution in [1.29, 1.82) is 0 Å². The minimum atomic E-state index is -1.45. The maximum Gasteiger partial charge on any atom is 0.139 e. The predicted molar refractivity (Wildman–Crippen MR) is 135 cm³/mol. The SMILES string of the molecule is CC/C=C(\CN)N1CCn2c(nc(-c3ccc(F)cc3)c2S(=O)c2cc(C)cc(C)c2)C1(C)C. The van der Waals surface area contributed by atoms with Crippen molar-refractivity contribution in [2.24, 2.45) is 5.73 Å². The summed E-state index contributed by atoms with van der Waals surface area (Å²) in [6.45, 7) is 12.2. The van der Waals surface area contributed by atoms with Crippen LogP contribution in [0.4, 0.5) is 4.39 Å². The summed E-state index contributed by atoms with van der Waals surface area (Å²) in [4.78, 5) is 8.11. The van der Waals surface area contributed by atoms with Crippen LogP contribution < -0.4 is 5.73 Å². The molecule has 5 nitrogen and oxygen atoms in total. The number of aryl methyl sites for hydroxylation is 2. The number of rotatable bonds is 6. The summed E-state index contributed by atoms with van der Waals surface area (Å²) in [5, 5.41) is 0.660. The first-order chi connectivity index (χ1) is 16.2. The molecule has 1 unspecified atom stereocenters. The summed E-state index contributed by atoms with van der Waals surface area (Å²) in [5.74, 6) is 0.523. The average molecular weight is 481 g/mol. The molecule has 0 fully saturated rings. The second kappa shape index (κ2) is 9.47. The lowest BCUT2D eigenvalue weighted by molar-refractivity contribution is 0.113. The Hall–Kier alpha value is -2.77. The summed E-state index contributed by atoms with van der Waals surface area (Å²) in [7, 11) is -1.45. The van der Waals surface area contributed by atoms with Crippen molar-refractivity contribution in [3.63, 3.8) is 0 Å². The second-order valence-corrected chi connectivity index (χ2v) is 10.8. The van der Waals surface area contributed by atoms with Gasteiger partial charge in [-0.2, -0.15) is 0 Å². The highest BCUT2D eigenvalue weighted by atomic mass is 32.2. The van der Waals surface area contributed by atoms with E-state index in [9.17, 15) is 8.60 Å². The Morgan fingerprint density at radius 1 is 1.15 bits per heavy atom. The minimum absolute atomic E-state index is 0.312. The first-order valence-corrected chi connectivity index (χ1v) is 12.9. The fourth-order valence-corrected chi connectivity index (χ4v) is 6.42. The molecule has 1 atom stereocenters. The number of imidazole rings is 1. The Morgan fingerprint density at radius 3 is 2.38 bits per heavy atom. The van der Waals surface area contributed by atoms with Gasteiger partial charge in [0.15, 0.2) is 0 Å². The van der Waals surface area contributed by atoms with E-state index in [-0.39, 0.29) is 5.82 Å². The smallest absolute Gasteiger partial charge is 0.139 e. The molecule has 4 rings (SSSR count). The van der Waals surface area contributed by atoms with Gasteiger partial charge in [0.2, 0.25) is 0 Å². The van der Waals surface area contributed by atoms with Crippen LogP contribution in [0.5, 0.6) is 0 Å². The van der Waals surface area contributed by atoms with Gasteiger partial charge >= 0.3 is 0 Å². The molecule has 7 heteroatoms. The Kier molecular flexibility index (Phi) is 6.78. The van der Waals surface area contributed by atoms with E-state index in [1.165, 1.54) is 12.1 Å². The number of fused-ring (bicyclic) bond motifs is 1. The number of halogens is 1. The van der Waals surface area contributed by atoms with Crippen LogP contribution in [0.1, 0.15) is 44.1 Å². The first-order valence-electron chi connectivity index (χ1n) is 11.7. The molecule has 2 aromatic carbocycles. The van der Waals surface area contributed by atoms with Crippen LogP contribution in [0, 0.1) is 19.7 Å². The van der Waals surface area contributed by atoms with Crippen LogP contribution in [-0.4, -0.2) is 31.7 Å². The summed E-state index contributed by atoms with van der Waals surface area (Å²) in [6, 6.07) is 12.3. The number of nitrogens with zero attached hydrogens (tertiary/aromatic N) is 3. The topological polar surface area (TPSA) is 64.2 Å². The fourth-order valence-electron chi connectivity index (χ4n) is 4.89. The molecule has 2 N–H and O–H groups in total. The third-order valence-corrected chi connectivity index (χ3v) is 7.82. The number of hydrogen-bond acceptors (Lipinski definition) is 4. The van der Waals surface area contributed by atoms with Crippen LogP contribution in [0.2, 0.25) is 0 Å². The summed E-state index contributed by atoms with van der Waals surface area (Å²) >= 11 is 0. The monoisotopic (exact) mass is 480 g/mol. The number of allylic oxidation sites excluding steroid dienone is 1. The van der Waals surface area contributed by atoms with Crippen molar-refractivity contribution >= 4 is 10.8 Å². The predicted octanol–water partition coefficient (Wildman–Crippen LogP) is 5.28. The first kappa shape index (κ1) is 24.4. The van der Waals surface area contributed by atoms with Crippen molar-refractivity contribution in [2.45, 2.75) is 63.0 Å². The van der Waals surface area contributed by atoms with E-state index in [2.05, 4.69) is 42.4 Å². The molecule has 1 aromatic heterocycles. The van der Waals surface area contributed by atoms with Gasteiger partial charge in [-0.25, -0.2) is 13.6 Å². The lowest BCUT2D eigenvalue weighted by atomic mass is 9.97. The highest BCUT2D eigenvalue weighted by molar-refractivity contribution is 7.85. The number of nitrogens with two attached hydrogens (primary N) is 1. The third kappa shape index (κ3) is 4.34. The Labute approximate surface area is 204 Å². The standard InChI is InChI=1S/C27H33FN4OS/c1-6-7-22(17-29)32-13-12-31-25(34(33)23-15-18(2)14-19(3)16-23)24(30-26(31)27(32,4)5)20-8-10-21(28)11-9-20/h7-11,14-16H,6,12-13,17,29H2,1-5H3/b22-7+. The maximum absolute atomic E-state index is 14.1. The normalized spacial score (nSPS) is 16.4. The van der Waals surface area contributed by atoms with Gasteiger partial charge in [-0.15, -0.1) is 0 Å². The van der Waals surface area contributed by atoms with E-state index >= 15 is 0 Å². The molecular weight excluding hydrogens is 447 g/mol. The van der Waals surface area contributed by atoms with E-state index in [1.807, 2.05) is 26.0 Å². The van der Waals surface area contributed by atoms with Gasteiger partial charge in [-0.3, -0.25) is 0 Å². The van der Waals surface area contributed by atoms with E-state index in [4.69, 9.17) is 10.7 Å². The highest BCUT2D eigenvalue weighted by Gasteiger charge is 2.40. The van der Waals surface area contributed by atoms with Crippen molar-refractivity contribution in [3.8, 4) is 11.3 Å². The lowest BCUT2D eigenvalue weighted by Crippen LogP contribution is -2.49. The number of benzene rings is 2. The van der Waals surface area contributed by atoms with Crippen LogP contribution in [-0.2, 0) is 22.9 Å². The van der Waals surface area contributed by atoms with Crippen LogP contribution in [0.15, 0.2) is 64.2 Å². The lowest BCUT2D eigenvalue weighted by Gasteiger charge is -2.45. The molecule has 0 aliphatic carbocycles. The van der Waals surface area contributed by atoms with E-state index < -0.39 is 16.3 Å². The second-order valence-electron chi connectivity index (χ2n) is 9.36. The molecule has 180 valence electrons. The van der Waals surface area contributed by atoms with Gasteiger partial charge in [-0.05, 0) is 81.6 Å². The molecule has 0 bridgehead atoms. The van der Waals surface area contributed by atoms with Gasteiger partial charge in [-0.1, -0.05) is 19.1 Å². The maximum atomic E-state index is 14.1. The van der Waals surface area contributed by atoms with Gasteiger partial charge < -0.3 is 15.2 Å². The summed E-state index contributed by atoms with van der Waals surface area (Å²) < 4.78 is 29.9. The Balaban J connectivity index is 1.93. The van der Waals surface area contributed by atoms with Crippen LogP contribution in [0.3, 0.4) is 0 Å². The molecule has 2 heterocycles. The van der Waals surface area contributed by atoms with Crippen LogP contribution >= 0.6 is 0 Å². The zero-order chi connectivity index (χ0) is 24.6. The van der Waals surface area contributed by atoms with E-state index in [0.717, 1.165) is 46.1 Å². The summed E-state index contributed by atoms with van der Waals surface area (Å²) in [6.07, 6.45) is 3.06. The van der Waals surface area contributed by atoms with Gasteiger partial charge in [0.25, 0.3) is 0 Å². The van der Waals surface area contributed by atoms with Gasteiger partial charge in [0.1, 0.15) is 33.2 Å². The Morgan fingerprint density at radius 2 is 1.79 bits per heavy atom. The quantitative estimate of drug-likeness (QED) is 0.522.